The van der Waals surface area contributed by atoms with Crippen LogP contribution in [0.5, 0.6) is 0 Å². The summed E-state index contributed by atoms with van der Waals surface area (Å²) in [4.78, 5) is 18.1. The zero-order valence-corrected chi connectivity index (χ0v) is 16.0. The Hall–Kier alpha value is -3.01. The topological polar surface area (TPSA) is 50.2 Å². The van der Waals surface area contributed by atoms with E-state index < -0.39 is 35.6 Å². The number of imidazole rings is 1. The summed E-state index contributed by atoms with van der Waals surface area (Å²) in [5.74, 6) is -5.20. The predicted molar refractivity (Wildman–Crippen MR) is 101 cm³/mol. The summed E-state index contributed by atoms with van der Waals surface area (Å²) in [6.07, 6.45) is 0.613. The van der Waals surface area contributed by atoms with Gasteiger partial charge in [0.2, 0.25) is 5.91 Å². The molecule has 30 heavy (non-hydrogen) atoms. The molecule has 2 aromatic carbocycles. The summed E-state index contributed by atoms with van der Waals surface area (Å²) in [6, 6.07) is 8.05. The fourth-order valence-corrected chi connectivity index (χ4v) is 3.17. The van der Waals surface area contributed by atoms with Gasteiger partial charge in [0.25, 0.3) is 0 Å². The van der Waals surface area contributed by atoms with Crippen LogP contribution in [0.15, 0.2) is 36.4 Å². The molecule has 0 aliphatic carbocycles. The van der Waals surface area contributed by atoms with Crippen molar-refractivity contribution in [3.63, 3.8) is 0 Å². The minimum atomic E-state index is -2.82. The molecule has 0 aliphatic heterocycles. The number of amides is 1. The van der Waals surface area contributed by atoms with E-state index in [0.29, 0.717) is 24.5 Å². The number of para-hydroxylation sites is 2. The average molecular weight is 426 g/mol. The van der Waals surface area contributed by atoms with Crippen LogP contribution in [-0.2, 0) is 11.3 Å². The molecule has 0 saturated carbocycles. The van der Waals surface area contributed by atoms with E-state index in [9.17, 15) is 26.7 Å². The van der Waals surface area contributed by atoms with Gasteiger partial charge in [0, 0.05) is 0 Å². The molecule has 10 heteroatoms. The molecular weight excluding hydrogens is 407 g/mol. The van der Waals surface area contributed by atoms with Crippen molar-refractivity contribution in [2.45, 2.75) is 26.4 Å². The SMILES string of the molecule is CCCN(CC(=O)Nc1ccc(F)c(F)c1F)Cc1nc2ccccc2n1C(F)F. The Morgan fingerprint density at radius 2 is 1.87 bits per heavy atom. The Labute approximate surface area is 169 Å². The van der Waals surface area contributed by atoms with Crippen LogP contribution in [0.4, 0.5) is 27.6 Å². The number of alkyl halides is 2. The third kappa shape index (κ3) is 4.59. The fraction of sp³-hybridized carbons (Fsp3) is 0.300. The molecule has 0 unspecified atom stereocenters. The number of hydrogen-bond acceptors (Lipinski definition) is 3. The summed E-state index contributed by atoms with van der Waals surface area (Å²) in [5, 5.41) is 2.18. The first-order valence-corrected chi connectivity index (χ1v) is 9.21. The lowest BCUT2D eigenvalue weighted by atomic mass is 10.2. The number of nitrogens with zero attached hydrogens (tertiary/aromatic N) is 3. The van der Waals surface area contributed by atoms with Gasteiger partial charge in [-0.1, -0.05) is 19.1 Å². The van der Waals surface area contributed by atoms with Crippen molar-refractivity contribution in [1.82, 2.24) is 14.5 Å². The molecule has 5 nitrogen and oxygen atoms in total. The first-order chi connectivity index (χ1) is 14.3. The number of hydrogen-bond donors (Lipinski definition) is 1. The molecule has 1 heterocycles. The summed E-state index contributed by atoms with van der Waals surface area (Å²) in [7, 11) is 0. The maximum atomic E-state index is 13.8. The van der Waals surface area contributed by atoms with E-state index in [1.807, 2.05) is 6.92 Å². The number of carbonyl (C=O) groups is 1. The number of carbonyl (C=O) groups excluding carboxylic acids is 1. The molecule has 0 atom stereocenters. The van der Waals surface area contributed by atoms with E-state index in [1.165, 1.54) is 6.07 Å². The number of aromatic nitrogens is 2. The maximum absolute atomic E-state index is 13.8. The van der Waals surface area contributed by atoms with E-state index in [2.05, 4.69) is 10.3 Å². The van der Waals surface area contributed by atoms with Gasteiger partial charge in [0.05, 0.1) is 29.8 Å². The molecule has 0 bridgehead atoms. The number of benzene rings is 2. The second kappa shape index (κ2) is 9.21. The molecule has 1 amide bonds. The molecule has 0 aliphatic rings. The Morgan fingerprint density at radius 1 is 1.13 bits per heavy atom. The Kier molecular flexibility index (Phi) is 6.66. The van der Waals surface area contributed by atoms with Gasteiger partial charge in [-0.05, 0) is 37.2 Å². The van der Waals surface area contributed by atoms with Gasteiger partial charge in [-0.2, -0.15) is 8.78 Å². The van der Waals surface area contributed by atoms with Crippen molar-refractivity contribution in [1.29, 1.82) is 0 Å². The maximum Gasteiger partial charge on any atom is 0.320 e. The third-order valence-electron chi connectivity index (χ3n) is 4.45. The first kappa shape index (κ1) is 21.7. The molecule has 1 aromatic heterocycles. The number of halogens is 5. The number of rotatable bonds is 8. The summed E-state index contributed by atoms with van der Waals surface area (Å²) < 4.78 is 68.2. The van der Waals surface area contributed by atoms with Crippen LogP contribution in [0.2, 0.25) is 0 Å². The molecule has 1 N–H and O–H groups in total. The zero-order chi connectivity index (χ0) is 21.8. The smallest absolute Gasteiger partial charge is 0.320 e. The minimum absolute atomic E-state index is 0.0550. The van der Waals surface area contributed by atoms with Crippen LogP contribution in [0.25, 0.3) is 11.0 Å². The van der Waals surface area contributed by atoms with E-state index in [-0.39, 0.29) is 24.4 Å². The Morgan fingerprint density at radius 3 is 2.57 bits per heavy atom. The van der Waals surface area contributed by atoms with Gasteiger partial charge in [-0.3, -0.25) is 14.3 Å². The van der Waals surface area contributed by atoms with Crippen LogP contribution in [0.1, 0.15) is 25.7 Å². The molecule has 0 radical (unpaired) electrons. The summed E-state index contributed by atoms with van der Waals surface area (Å²) in [5.41, 5.74) is 0.167. The van der Waals surface area contributed by atoms with Gasteiger partial charge >= 0.3 is 6.55 Å². The van der Waals surface area contributed by atoms with E-state index >= 15 is 0 Å². The molecule has 0 fully saturated rings. The van der Waals surface area contributed by atoms with Gasteiger partial charge in [0.15, 0.2) is 17.5 Å². The molecule has 0 spiro atoms. The van der Waals surface area contributed by atoms with Crippen LogP contribution in [0, 0.1) is 17.5 Å². The average Bonchev–Trinajstić information content (AvgIpc) is 3.06. The van der Waals surface area contributed by atoms with Crippen molar-refractivity contribution in [3.05, 3.63) is 59.7 Å². The van der Waals surface area contributed by atoms with Gasteiger partial charge in [-0.25, -0.2) is 18.2 Å². The monoisotopic (exact) mass is 426 g/mol. The fourth-order valence-electron chi connectivity index (χ4n) is 3.17. The normalized spacial score (nSPS) is 11.6. The summed E-state index contributed by atoms with van der Waals surface area (Å²) in [6.45, 7) is -0.934. The van der Waals surface area contributed by atoms with Crippen LogP contribution >= 0.6 is 0 Å². The number of anilines is 1. The largest absolute Gasteiger partial charge is 0.322 e. The Balaban J connectivity index is 1.78. The predicted octanol–water partition coefficient (Wildman–Crippen LogP) is 4.70. The lowest BCUT2D eigenvalue weighted by Gasteiger charge is -2.21. The molecule has 3 aromatic rings. The third-order valence-corrected chi connectivity index (χ3v) is 4.45. The highest BCUT2D eigenvalue weighted by Gasteiger charge is 2.21. The second-order valence-electron chi connectivity index (χ2n) is 6.65. The van der Waals surface area contributed by atoms with Crippen molar-refractivity contribution in [2.75, 3.05) is 18.4 Å². The van der Waals surface area contributed by atoms with E-state index in [1.54, 1.807) is 23.1 Å². The highest BCUT2D eigenvalue weighted by molar-refractivity contribution is 5.92. The highest BCUT2D eigenvalue weighted by atomic mass is 19.3. The van der Waals surface area contributed by atoms with Crippen LogP contribution in [0.3, 0.4) is 0 Å². The number of fused-ring (bicyclic) bond motifs is 1. The zero-order valence-electron chi connectivity index (χ0n) is 16.0. The summed E-state index contributed by atoms with van der Waals surface area (Å²) >= 11 is 0. The first-order valence-electron chi connectivity index (χ1n) is 9.21. The van der Waals surface area contributed by atoms with Gasteiger partial charge in [-0.15, -0.1) is 0 Å². The highest BCUT2D eigenvalue weighted by Crippen LogP contribution is 2.24. The standard InChI is InChI=1S/C20H19F5N4O/c1-2-9-28(11-17(30)27-14-8-7-12(21)18(22)19(14)23)10-16-26-13-5-3-4-6-15(13)29(16)20(24)25/h3-8,20H,2,9-11H2,1H3,(H,27,30). The van der Waals surface area contributed by atoms with E-state index in [4.69, 9.17) is 0 Å². The minimum Gasteiger partial charge on any atom is -0.322 e. The van der Waals surface area contributed by atoms with E-state index in [0.717, 1.165) is 10.6 Å². The van der Waals surface area contributed by atoms with Crippen molar-refractivity contribution >= 4 is 22.6 Å². The lowest BCUT2D eigenvalue weighted by Crippen LogP contribution is -2.34. The van der Waals surface area contributed by atoms with Crippen LogP contribution in [-0.4, -0.2) is 33.4 Å². The molecular formula is C20H19F5N4O. The molecule has 0 saturated heterocycles. The second-order valence-corrected chi connectivity index (χ2v) is 6.65. The Bertz CT molecular complexity index is 1050. The quantitative estimate of drug-likeness (QED) is 0.420. The molecule has 3 rings (SSSR count). The van der Waals surface area contributed by atoms with Gasteiger partial charge in [0.1, 0.15) is 5.82 Å². The van der Waals surface area contributed by atoms with Crippen molar-refractivity contribution in [3.8, 4) is 0 Å². The lowest BCUT2D eigenvalue weighted by molar-refractivity contribution is -0.117. The molecule has 160 valence electrons. The van der Waals surface area contributed by atoms with Crippen LogP contribution < -0.4 is 5.32 Å². The van der Waals surface area contributed by atoms with Crippen molar-refractivity contribution in [2.24, 2.45) is 0 Å². The number of nitrogens with one attached hydrogen (secondary N) is 1. The van der Waals surface area contributed by atoms with Gasteiger partial charge < -0.3 is 5.32 Å². The van der Waals surface area contributed by atoms with Crippen molar-refractivity contribution < 1.29 is 26.7 Å².